The molecule has 0 aliphatic carbocycles. The Morgan fingerprint density at radius 1 is 1.14 bits per heavy atom. The number of fused-ring (bicyclic) bond motifs is 2. The van der Waals surface area contributed by atoms with Gasteiger partial charge in [0.05, 0.1) is 28.4 Å². The van der Waals surface area contributed by atoms with Crippen LogP contribution in [0.3, 0.4) is 0 Å². The molecule has 0 radical (unpaired) electrons. The number of hydrazine groups is 1. The maximum absolute atomic E-state index is 16.0. The van der Waals surface area contributed by atoms with Crippen LogP contribution in [-0.4, -0.2) is 27.8 Å². The number of rotatable bonds is 3. The Morgan fingerprint density at radius 2 is 1.89 bits per heavy atom. The summed E-state index contributed by atoms with van der Waals surface area (Å²) in [5.74, 6) is -1.52. The van der Waals surface area contributed by atoms with Gasteiger partial charge in [0.15, 0.2) is 0 Å². The number of carbonyl (C=O) groups is 1. The van der Waals surface area contributed by atoms with Crippen LogP contribution in [0.5, 0.6) is 0 Å². The van der Waals surface area contributed by atoms with E-state index in [2.05, 4.69) is 15.7 Å². The number of aromatic amines is 1. The second-order valence-corrected chi connectivity index (χ2v) is 9.39. The third kappa shape index (κ3) is 3.80. The number of aryl methyl sites for hydroxylation is 1. The van der Waals surface area contributed by atoms with Crippen molar-refractivity contribution in [1.29, 1.82) is 0 Å². The molecule has 1 atom stereocenters. The average Bonchev–Trinajstić information content (AvgIpc) is 3.20. The highest BCUT2D eigenvalue weighted by Crippen LogP contribution is 2.42. The molecule has 0 saturated carbocycles. The first-order valence-corrected chi connectivity index (χ1v) is 11.4. The van der Waals surface area contributed by atoms with Gasteiger partial charge in [-0.3, -0.25) is 5.01 Å². The summed E-state index contributed by atoms with van der Waals surface area (Å²) in [6, 6.07) is 14.8. The van der Waals surface area contributed by atoms with Gasteiger partial charge in [0.1, 0.15) is 11.6 Å². The van der Waals surface area contributed by atoms with Crippen molar-refractivity contribution in [3.05, 3.63) is 83.6 Å². The summed E-state index contributed by atoms with van der Waals surface area (Å²) in [4.78, 5) is 15.9. The van der Waals surface area contributed by atoms with Crippen LogP contribution in [0.4, 0.5) is 25.0 Å². The molecule has 0 saturated heterocycles. The third-order valence-corrected chi connectivity index (χ3v) is 6.76. The Labute approximate surface area is 201 Å². The van der Waals surface area contributed by atoms with Gasteiger partial charge in [0, 0.05) is 40.9 Å². The minimum absolute atomic E-state index is 0.0281. The predicted octanol–water partition coefficient (Wildman–Crippen LogP) is 5.66. The van der Waals surface area contributed by atoms with E-state index in [9.17, 15) is 9.90 Å². The first-order valence-electron chi connectivity index (χ1n) is 11.4. The lowest BCUT2D eigenvalue weighted by Gasteiger charge is -2.47. The van der Waals surface area contributed by atoms with Crippen molar-refractivity contribution in [2.75, 3.05) is 10.3 Å². The van der Waals surface area contributed by atoms with Crippen LogP contribution in [0.2, 0.25) is 0 Å². The van der Waals surface area contributed by atoms with Crippen molar-refractivity contribution < 1.29 is 18.7 Å². The molecule has 4 N–H and O–H groups in total. The highest BCUT2D eigenvalue weighted by Gasteiger charge is 2.43. The molecule has 8 heteroatoms. The fraction of sp³-hybridized carbons (Fsp3) is 0.222. The van der Waals surface area contributed by atoms with Gasteiger partial charge in [-0.2, -0.15) is 0 Å². The fourth-order valence-electron chi connectivity index (χ4n) is 4.68. The van der Waals surface area contributed by atoms with Crippen LogP contribution in [-0.2, 0) is 6.42 Å². The van der Waals surface area contributed by atoms with Gasteiger partial charge in [0.2, 0.25) is 0 Å². The number of urea groups is 1. The molecule has 35 heavy (non-hydrogen) atoms. The molecule has 180 valence electrons. The number of anilines is 2. The molecule has 0 spiro atoms. The Hall–Kier alpha value is -3.91. The Balaban J connectivity index is 1.59. The number of hydrogen-bond donors (Lipinski definition) is 4. The zero-order valence-corrected chi connectivity index (χ0v) is 19.6. The number of hydrogen-bond acceptors (Lipinski definition) is 3. The van der Waals surface area contributed by atoms with Crippen molar-refractivity contribution in [2.24, 2.45) is 0 Å². The minimum Gasteiger partial charge on any atom is -0.390 e. The van der Waals surface area contributed by atoms with E-state index < -0.39 is 29.3 Å². The molecular weight excluding hydrogens is 450 g/mol. The topological polar surface area (TPSA) is 80.4 Å². The minimum atomic E-state index is -1.03. The molecule has 1 aromatic heterocycles. The Bertz CT molecular complexity index is 1430. The molecule has 0 fully saturated rings. The first kappa shape index (κ1) is 22.9. The normalized spacial score (nSPS) is 16.7. The molecule has 1 aliphatic rings. The second kappa shape index (κ2) is 8.39. The summed E-state index contributed by atoms with van der Waals surface area (Å²) >= 11 is 0. The number of nitrogens with one attached hydrogen (secondary N) is 3. The highest BCUT2D eigenvalue weighted by atomic mass is 19.1. The fourth-order valence-corrected chi connectivity index (χ4v) is 4.68. The SMILES string of the molecule is Cc1c[nH]c2c(-c3c(F)cc4c(c3F)C[C@H](O)C(C)(C)N4NC(=O)Nc3ccccc3)cccc12. The van der Waals surface area contributed by atoms with Crippen LogP contribution in [0, 0.1) is 18.6 Å². The van der Waals surface area contributed by atoms with E-state index in [1.165, 1.54) is 11.1 Å². The lowest BCUT2D eigenvalue weighted by molar-refractivity contribution is 0.0853. The molecule has 0 bridgehead atoms. The largest absolute Gasteiger partial charge is 0.390 e. The molecule has 2 heterocycles. The maximum Gasteiger partial charge on any atom is 0.338 e. The number of carbonyl (C=O) groups excluding carboxylic acids is 1. The van der Waals surface area contributed by atoms with Gasteiger partial charge in [-0.25, -0.2) is 19.0 Å². The summed E-state index contributed by atoms with van der Waals surface area (Å²) in [5.41, 5.74) is 4.33. The zero-order valence-electron chi connectivity index (χ0n) is 19.6. The van der Waals surface area contributed by atoms with E-state index in [1.54, 1.807) is 56.4 Å². The lowest BCUT2D eigenvalue weighted by Crippen LogP contribution is -2.63. The maximum atomic E-state index is 16.0. The molecule has 6 nitrogen and oxygen atoms in total. The predicted molar refractivity (Wildman–Crippen MR) is 133 cm³/mol. The molecule has 2 amide bonds. The van der Waals surface area contributed by atoms with E-state index in [0.29, 0.717) is 16.8 Å². The average molecular weight is 477 g/mol. The van der Waals surface area contributed by atoms with Gasteiger partial charge >= 0.3 is 6.03 Å². The monoisotopic (exact) mass is 476 g/mol. The van der Waals surface area contributed by atoms with Crippen LogP contribution in [0.15, 0.2) is 60.8 Å². The van der Waals surface area contributed by atoms with Gasteiger partial charge in [-0.1, -0.05) is 36.4 Å². The van der Waals surface area contributed by atoms with Crippen molar-refractivity contribution in [3.8, 4) is 11.1 Å². The number of aromatic nitrogens is 1. The molecule has 1 aliphatic heterocycles. The smallest absolute Gasteiger partial charge is 0.338 e. The van der Waals surface area contributed by atoms with Crippen LogP contribution in [0.1, 0.15) is 25.0 Å². The van der Waals surface area contributed by atoms with Crippen molar-refractivity contribution in [3.63, 3.8) is 0 Å². The van der Waals surface area contributed by atoms with E-state index in [4.69, 9.17) is 0 Å². The quantitative estimate of drug-likeness (QED) is 0.308. The highest BCUT2D eigenvalue weighted by molar-refractivity contribution is 5.97. The van der Waals surface area contributed by atoms with Crippen LogP contribution < -0.4 is 15.8 Å². The summed E-state index contributed by atoms with van der Waals surface area (Å²) in [5, 5.41) is 15.8. The van der Waals surface area contributed by atoms with Crippen LogP contribution in [0.25, 0.3) is 22.0 Å². The third-order valence-electron chi connectivity index (χ3n) is 6.76. The molecule has 3 aromatic carbocycles. The number of aliphatic hydroxyl groups is 1. The van der Waals surface area contributed by atoms with Gasteiger partial charge < -0.3 is 15.4 Å². The summed E-state index contributed by atoms with van der Waals surface area (Å²) < 4.78 is 31.6. The van der Waals surface area contributed by atoms with Gasteiger partial charge in [0.25, 0.3) is 0 Å². The van der Waals surface area contributed by atoms with Crippen molar-refractivity contribution in [1.82, 2.24) is 10.4 Å². The molecular formula is C27H26F2N4O2. The summed E-state index contributed by atoms with van der Waals surface area (Å²) in [6.07, 6.45) is 0.745. The number of halogens is 2. The number of para-hydroxylation sites is 2. The van der Waals surface area contributed by atoms with E-state index >= 15 is 8.78 Å². The number of benzene rings is 3. The molecule has 0 unspecified atom stereocenters. The number of aliphatic hydroxyl groups excluding tert-OH is 1. The summed E-state index contributed by atoms with van der Waals surface area (Å²) in [6.45, 7) is 5.33. The number of nitrogens with zero attached hydrogens (tertiary/aromatic N) is 1. The standard InChI is InChI=1S/C27H26F2N4O2/c1-15-14-30-25-17(15)10-7-11-18(25)23-20(28)13-21-19(24(23)29)12-22(34)27(2,3)33(21)32-26(35)31-16-8-5-4-6-9-16/h4-11,13-14,22,30,34H,12H2,1-3H3,(H2,31,32,35)/t22-/m0/s1. The molecule has 4 aromatic rings. The Morgan fingerprint density at radius 3 is 2.63 bits per heavy atom. The van der Waals surface area contributed by atoms with Crippen molar-refractivity contribution >= 4 is 28.3 Å². The molecule has 5 rings (SSSR count). The lowest BCUT2D eigenvalue weighted by atomic mass is 9.83. The van der Waals surface area contributed by atoms with Crippen LogP contribution >= 0.6 is 0 Å². The van der Waals surface area contributed by atoms with E-state index in [-0.39, 0.29) is 23.2 Å². The summed E-state index contributed by atoms with van der Waals surface area (Å²) in [7, 11) is 0. The van der Waals surface area contributed by atoms with E-state index in [0.717, 1.165) is 10.9 Å². The Kier molecular flexibility index (Phi) is 5.48. The number of amides is 2. The van der Waals surface area contributed by atoms with Gasteiger partial charge in [-0.15, -0.1) is 0 Å². The van der Waals surface area contributed by atoms with E-state index in [1.807, 2.05) is 19.1 Å². The van der Waals surface area contributed by atoms with Crippen molar-refractivity contribution in [2.45, 2.75) is 38.8 Å². The number of H-pyrrole nitrogens is 1. The van der Waals surface area contributed by atoms with Gasteiger partial charge in [-0.05, 0) is 38.5 Å². The zero-order chi connectivity index (χ0) is 24.9. The first-order chi connectivity index (χ1) is 16.7. The second-order valence-electron chi connectivity index (χ2n) is 9.39.